The second-order valence-corrected chi connectivity index (χ2v) is 16.7. The number of nitrogens with zero attached hydrogens (tertiary/aromatic N) is 1. The molecule has 0 spiro atoms. The maximum atomic E-state index is 6.11. The van der Waals surface area contributed by atoms with Crippen molar-refractivity contribution in [2.75, 3.05) is 0 Å². The molecule has 2 heterocycles. The van der Waals surface area contributed by atoms with Crippen LogP contribution in [0.4, 0.5) is 0 Å². The fraction of sp³-hybridized carbons (Fsp3) is 0.175. The van der Waals surface area contributed by atoms with Crippen molar-refractivity contribution >= 4 is 55.7 Å². The zero-order valence-corrected chi connectivity index (χ0v) is 40.0. The van der Waals surface area contributed by atoms with Crippen LogP contribution in [0.25, 0.3) is 83.6 Å². The van der Waals surface area contributed by atoms with Gasteiger partial charge >= 0.3 is 0 Å². The van der Waals surface area contributed by atoms with Crippen molar-refractivity contribution in [3.8, 4) is 27.9 Å². The van der Waals surface area contributed by atoms with Gasteiger partial charge in [-0.1, -0.05) is 199 Å². The fourth-order valence-corrected chi connectivity index (χ4v) is 9.19. The Hall–Kier alpha value is -7.16. The van der Waals surface area contributed by atoms with Gasteiger partial charge in [-0.05, 0) is 126 Å². The van der Waals surface area contributed by atoms with Crippen LogP contribution in [0.1, 0.15) is 87.6 Å². The molecule has 0 saturated carbocycles. The van der Waals surface area contributed by atoms with Crippen LogP contribution >= 0.6 is 0 Å². The minimum atomic E-state index is -0.0550. The van der Waals surface area contributed by atoms with E-state index in [1.165, 1.54) is 88.3 Å². The number of hydrogen-bond donors (Lipinski definition) is 0. The first-order chi connectivity index (χ1) is 31.7. The number of allylic oxidation sites excluding steroid dienone is 1. The second-order valence-electron chi connectivity index (χ2n) is 16.7. The zero-order valence-electron chi connectivity index (χ0n) is 40.0. The molecule has 0 saturated heterocycles. The summed E-state index contributed by atoms with van der Waals surface area (Å²) in [7, 11) is 0. The number of para-hydroxylation sites is 2. The average molecular weight is 850 g/mol. The van der Waals surface area contributed by atoms with E-state index in [2.05, 4.69) is 197 Å². The van der Waals surface area contributed by atoms with E-state index in [-0.39, 0.29) is 5.41 Å². The number of rotatable bonds is 4. The van der Waals surface area contributed by atoms with Gasteiger partial charge < -0.3 is 8.98 Å². The number of furan rings is 1. The van der Waals surface area contributed by atoms with E-state index in [0.29, 0.717) is 0 Å². The van der Waals surface area contributed by atoms with Crippen molar-refractivity contribution in [1.82, 2.24) is 4.57 Å². The molecule has 1 aliphatic rings. The van der Waals surface area contributed by atoms with Crippen LogP contribution in [0, 0.1) is 20.8 Å². The molecule has 10 aromatic rings. The Kier molecular flexibility index (Phi) is 14.2. The third kappa shape index (κ3) is 8.87. The van der Waals surface area contributed by atoms with Gasteiger partial charge in [-0.25, -0.2) is 0 Å². The molecule has 0 aliphatic heterocycles. The predicted octanol–water partition coefficient (Wildman–Crippen LogP) is 18.7. The van der Waals surface area contributed by atoms with Gasteiger partial charge in [0.2, 0.25) is 0 Å². The molecule has 2 nitrogen and oxygen atoms in total. The van der Waals surface area contributed by atoms with E-state index < -0.39 is 0 Å². The molecule has 2 aromatic heterocycles. The largest absolute Gasteiger partial charge is 0.456 e. The zero-order chi connectivity index (χ0) is 46.3. The number of benzene rings is 8. The molecule has 0 radical (unpaired) electrons. The molecule has 0 unspecified atom stereocenters. The number of fused-ring (bicyclic) bond motifs is 9. The lowest BCUT2D eigenvalue weighted by Crippen LogP contribution is -2.15. The quantitative estimate of drug-likeness (QED) is 0.173. The molecule has 326 valence electrons. The third-order valence-corrected chi connectivity index (χ3v) is 12.2. The van der Waals surface area contributed by atoms with Gasteiger partial charge in [-0.2, -0.15) is 0 Å². The molecule has 65 heavy (non-hydrogen) atoms. The highest BCUT2D eigenvalue weighted by Gasteiger charge is 2.37. The Morgan fingerprint density at radius 2 is 1.11 bits per heavy atom. The molecule has 1 aliphatic carbocycles. The van der Waals surface area contributed by atoms with Crippen molar-refractivity contribution in [3.05, 3.63) is 222 Å². The van der Waals surface area contributed by atoms with Crippen LogP contribution in [0.15, 0.2) is 187 Å². The molecule has 0 fully saturated rings. The predicted molar refractivity (Wildman–Crippen MR) is 286 cm³/mol. The highest BCUT2D eigenvalue weighted by atomic mass is 16.3. The maximum absolute atomic E-state index is 6.11. The van der Waals surface area contributed by atoms with Crippen LogP contribution in [-0.2, 0) is 5.41 Å². The average Bonchev–Trinajstić information content (AvgIpc) is 3.94. The normalized spacial score (nSPS) is 12.0. The summed E-state index contributed by atoms with van der Waals surface area (Å²) in [5.41, 5.74) is 17.6. The van der Waals surface area contributed by atoms with Crippen LogP contribution in [-0.4, -0.2) is 4.57 Å². The van der Waals surface area contributed by atoms with Crippen molar-refractivity contribution in [2.24, 2.45) is 0 Å². The molecule has 11 rings (SSSR count). The molecular formula is C63H63NO. The van der Waals surface area contributed by atoms with Crippen LogP contribution in [0.2, 0.25) is 0 Å². The molecule has 0 bridgehead atoms. The Bertz CT molecular complexity index is 3260. The molecule has 8 aromatic carbocycles. The third-order valence-electron chi connectivity index (χ3n) is 12.2. The van der Waals surface area contributed by atoms with Gasteiger partial charge in [-0.15, -0.1) is 0 Å². The molecule has 0 N–H and O–H groups in total. The standard InChI is InChI=1S/C33H28O.C19H15N.C7H8.2C2H6/c1-6-10-30-22(7-2)27-18-21(14-16-31(27)34-30)26-19-29-32(24-12-9-8-11-23(24)26)25-15-13-20(3)17-28(25)33(29,4)5;1-14-11-12-17-16-9-5-6-10-18(16)20(19(17)13-14)15-7-3-2-4-8-15;1-7-5-3-2-4-6-7;2*1-2/h6-19H,2H2,1,3-5H3;2-13H,1H3;2-6H,1H3;2*1-2H3/b10-6-;;;;. The number of aromatic nitrogens is 1. The van der Waals surface area contributed by atoms with Gasteiger partial charge in [0.25, 0.3) is 0 Å². The topological polar surface area (TPSA) is 18.1 Å². The first-order valence-corrected chi connectivity index (χ1v) is 23.2. The van der Waals surface area contributed by atoms with Crippen LogP contribution < -0.4 is 0 Å². The molecule has 0 atom stereocenters. The van der Waals surface area contributed by atoms with E-state index in [1.807, 2.05) is 71.0 Å². The maximum Gasteiger partial charge on any atom is 0.135 e. The van der Waals surface area contributed by atoms with Crippen LogP contribution in [0.5, 0.6) is 0 Å². The summed E-state index contributed by atoms with van der Waals surface area (Å²) >= 11 is 0. The summed E-state index contributed by atoms with van der Waals surface area (Å²) < 4.78 is 8.46. The Morgan fingerprint density at radius 1 is 0.508 bits per heavy atom. The van der Waals surface area contributed by atoms with E-state index in [4.69, 9.17) is 4.42 Å². The van der Waals surface area contributed by atoms with Gasteiger partial charge in [-0.3, -0.25) is 0 Å². The van der Waals surface area contributed by atoms with Crippen molar-refractivity contribution < 1.29 is 4.42 Å². The van der Waals surface area contributed by atoms with E-state index in [1.54, 1.807) is 0 Å². The smallest absolute Gasteiger partial charge is 0.135 e. The molecule has 2 heteroatoms. The second kappa shape index (κ2) is 20.1. The number of hydrogen-bond acceptors (Lipinski definition) is 1. The van der Waals surface area contributed by atoms with Crippen molar-refractivity contribution in [3.63, 3.8) is 0 Å². The summed E-state index contributed by atoms with van der Waals surface area (Å²) in [4.78, 5) is 0. The van der Waals surface area contributed by atoms with Gasteiger partial charge in [0, 0.05) is 32.8 Å². The van der Waals surface area contributed by atoms with E-state index in [9.17, 15) is 0 Å². The molecule has 0 amide bonds. The monoisotopic (exact) mass is 849 g/mol. The Morgan fingerprint density at radius 3 is 1.77 bits per heavy atom. The van der Waals surface area contributed by atoms with E-state index >= 15 is 0 Å². The highest BCUT2D eigenvalue weighted by Crippen LogP contribution is 2.53. The number of aryl methyl sites for hydroxylation is 3. The lowest BCUT2D eigenvalue weighted by Gasteiger charge is -2.23. The lowest BCUT2D eigenvalue weighted by atomic mass is 9.80. The summed E-state index contributed by atoms with van der Waals surface area (Å²) in [6.07, 6.45) is 5.90. The lowest BCUT2D eigenvalue weighted by molar-refractivity contribution is 0.603. The summed E-state index contributed by atoms with van der Waals surface area (Å²) in [5, 5.41) is 6.32. The Balaban J connectivity index is 0.000000171. The Labute approximate surface area is 387 Å². The summed E-state index contributed by atoms with van der Waals surface area (Å²) in [5.74, 6) is 0.857. The minimum Gasteiger partial charge on any atom is -0.456 e. The van der Waals surface area contributed by atoms with Crippen molar-refractivity contribution in [1.29, 1.82) is 0 Å². The summed E-state index contributed by atoms with van der Waals surface area (Å²) in [6, 6.07) is 60.8. The SMILES string of the molecule is C=Cc1c(/C=C\C)oc2ccc(-c3cc4c(c5ccccc35)-c3ccc(C)cc3C4(C)C)cc12.CC.CC.Cc1ccc2c3ccccc3n(-c3ccccc3)c2c1.Cc1ccccc1. The van der Waals surface area contributed by atoms with Gasteiger partial charge in [0.1, 0.15) is 11.3 Å². The highest BCUT2D eigenvalue weighted by molar-refractivity contribution is 6.11. The molecular weight excluding hydrogens is 787 g/mol. The first kappa shape index (κ1) is 45.9. The van der Waals surface area contributed by atoms with Gasteiger partial charge in [0.15, 0.2) is 0 Å². The fourth-order valence-electron chi connectivity index (χ4n) is 9.19. The van der Waals surface area contributed by atoms with E-state index in [0.717, 1.165) is 22.3 Å². The van der Waals surface area contributed by atoms with Crippen LogP contribution in [0.3, 0.4) is 0 Å². The van der Waals surface area contributed by atoms with Gasteiger partial charge in [0.05, 0.1) is 11.0 Å². The first-order valence-electron chi connectivity index (χ1n) is 23.2. The minimum absolute atomic E-state index is 0.0550. The van der Waals surface area contributed by atoms with Crippen molar-refractivity contribution in [2.45, 2.75) is 74.7 Å². The summed E-state index contributed by atoms with van der Waals surface area (Å²) in [6.45, 7) is 25.2.